The number of hydrogen-bond donors (Lipinski definition) is 1. The monoisotopic (exact) mass is 635 g/mol. The van der Waals surface area contributed by atoms with Gasteiger partial charge in [0.1, 0.15) is 5.75 Å². The molecule has 0 heterocycles. The number of hydrogen-bond acceptors (Lipinski definition) is 1. The average Bonchev–Trinajstić information content (AvgIpc) is 3.00. The van der Waals surface area contributed by atoms with Gasteiger partial charge in [0.25, 0.3) is 0 Å². The van der Waals surface area contributed by atoms with Gasteiger partial charge < -0.3 is 5.11 Å². The maximum atomic E-state index is 10.8. The Kier molecular flexibility index (Phi) is 18.9. The largest absolute Gasteiger partial charge is 0.507 e. The van der Waals surface area contributed by atoms with E-state index in [4.69, 9.17) is 0 Å². The van der Waals surface area contributed by atoms with Crippen LogP contribution in [0.3, 0.4) is 0 Å². The Bertz CT molecular complexity index is 1480. The predicted molar refractivity (Wildman–Crippen MR) is 211 cm³/mol. The third-order valence-corrected chi connectivity index (χ3v) is 9.25. The van der Waals surface area contributed by atoms with E-state index in [0.717, 1.165) is 79.7 Å². The summed E-state index contributed by atoms with van der Waals surface area (Å²) in [5.41, 5.74) is 12.5. The second-order valence-electron chi connectivity index (χ2n) is 14.3. The van der Waals surface area contributed by atoms with Crippen molar-refractivity contribution in [2.75, 3.05) is 0 Å². The summed E-state index contributed by atoms with van der Waals surface area (Å²) in [6, 6.07) is 10.3. The SMILES string of the molecule is CC(C)=CCC/C(C)=C/CC/C(C)=C/CC/C(C)=C/CC/C(C)=C/CC/C(C)=C/CC/C(C)=C/Cc1c(C)cc2ccccc2c1O. The van der Waals surface area contributed by atoms with Crippen LogP contribution >= 0.6 is 0 Å². The van der Waals surface area contributed by atoms with Crippen LogP contribution in [0, 0.1) is 6.92 Å². The van der Waals surface area contributed by atoms with E-state index in [0.29, 0.717) is 5.75 Å². The minimum atomic E-state index is 0.434. The van der Waals surface area contributed by atoms with E-state index in [1.165, 1.54) is 64.7 Å². The second kappa shape index (κ2) is 22.3. The highest BCUT2D eigenvalue weighted by Crippen LogP contribution is 2.32. The number of phenols is 1. The van der Waals surface area contributed by atoms with Crippen LogP contribution in [0.15, 0.2) is 112 Å². The highest BCUT2D eigenvalue weighted by atomic mass is 16.3. The number of allylic oxidation sites excluding steroid dienone is 14. The Hall–Kier alpha value is -3.32. The van der Waals surface area contributed by atoms with E-state index in [1.54, 1.807) is 0 Å². The lowest BCUT2D eigenvalue weighted by atomic mass is 9.97. The van der Waals surface area contributed by atoms with Gasteiger partial charge in [0, 0.05) is 10.9 Å². The molecule has 0 amide bonds. The van der Waals surface area contributed by atoms with Gasteiger partial charge in [-0.15, -0.1) is 0 Å². The highest BCUT2D eigenvalue weighted by molar-refractivity contribution is 5.90. The standard InChI is InChI=1S/C46H66O/c1-35(2)18-12-19-36(3)20-13-21-37(4)22-14-23-38(5)24-15-25-39(6)26-16-27-40(7)28-17-29-41(8)32-33-44-42(9)34-43-30-10-11-31-45(43)46(44)47/h10-11,18,20,22,24,26,28,30-32,34,47H,12-17,19,21,23,25,27,29,33H2,1-9H3/b36-20+,37-22+,38-24+,39-26+,40-28+,41-32+. The zero-order valence-corrected chi connectivity index (χ0v) is 31.6. The molecule has 0 spiro atoms. The molecule has 0 aliphatic carbocycles. The molecule has 0 radical (unpaired) electrons. The van der Waals surface area contributed by atoms with Crippen molar-refractivity contribution in [2.24, 2.45) is 0 Å². The van der Waals surface area contributed by atoms with Crippen LogP contribution in [0.2, 0.25) is 0 Å². The fraction of sp³-hybridized carbons (Fsp3) is 0.478. The molecule has 0 bridgehead atoms. The van der Waals surface area contributed by atoms with Crippen molar-refractivity contribution < 1.29 is 5.11 Å². The average molecular weight is 635 g/mol. The molecular formula is C46H66O. The minimum absolute atomic E-state index is 0.434. The van der Waals surface area contributed by atoms with Crippen LogP contribution in [-0.4, -0.2) is 5.11 Å². The molecule has 1 N–H and O–H groups in total. The maximum absolute atomic E-state index is 10.8. The number of fused-ring (bicyclic) bond motifs is 1. The van der Waals surface area contributed by atoms with E-state index < -0.39 is 0 Å². The van der Waals surface area contributed by atoms with Gasteiger partial charge in [-0.25, -0.2) is 0 Å². The molecule has 2 aromatic carbocycles. The summed E-state index contributed by atoms with van der Waals surface area (Å²) in [7, 11) is 0. The van der Waals surface area contributed by atoms with E-state index in [1.807, 2.05) is 18.2 Å². The topological polar surface area (TPSA) is 20.2 Å². The summed E-state index contributed by atoms with van der Waals surface area (Å²) < 4.78 is 0. The van der Waals surface area contributed by atoms with Crippen molar-refractivity contribution in [2.45, 2.75) is 146 Å². The van der Waals surface area contributed by atoms with E-state index in [-0.39, 0.29) is 0 Å². The molecule has 47 heavy (non-hydrogen) atoms. The Labute approximate surface area is 289 Å². The molecule has 0 aliphatic heterocycles. The fourth-order valence-electron chi connectivity index (χ4n) is 5.97. The molecule has 0 fully saturated rings. The van der Waals surface area contributed by atoms with Crippen LogP contribution < -0.4 is 0 Å². The Morgan fingerprint density at radius 2 is 0.872 bits per heavy atom. The first kappa shape index (κ1) is 39.9. The van der Waals surface area contributed by atoms with Crippen molar-refractivity contribution in [3.8, 4) is 5.75 Å². The smallest absolute Gasteiger partial charge is 0.127 e. The molecule has 2 rings (SSSR count). The van der Waals surface area contributed by atoms with Crippen molar-refractivity contribution >= 4 is 10.8 Å². The van der Waals surface area contributed by atoms with Crippen molar-refractivity contribution in [1.29, 1.82) is 0 Å². The second-order valence-corrected chi connectivity index (χ2v) is 14.3. The predicted octanol–water partition coefficient (Wildman–Crippen LogP) is 14.7. The molecule has 0 unspecified atom stereocenters. The van der Waals surface area contributed by atoms with Gasteiger partial charge in [-0.1, -0.05) is 112 Å². The molecule has 0 saturated carbocycles. The summed E-state index contributed by atoms with van der Waals surface area (Å²) in [5.74, 6) is 0.434. The van der Waals surface area contributed by atoms with Crippen LogP contribution in [0.25, 0.3) is 10.8 Å². The normalized spacial score (nSPS) is 13.9. The van der Waals surface area contributed by atoms with E-state index in [2.05, 4.69) is 117 Å². The molecule has 0 atom stereocenters. The van der Waals surface area contributed by atoms with E-state index in [9.17, 15) is 5.11 Å². The van der Waals surface area contributed by atoms with Gasteiger partial charge in [0.2, 0.25) is 0 Å². The fourth-order valence-corrected chi connectivity index (χ4v) is 5.97. The summed E-state index contributed by atoms with van der Waals surface area (Å²) >= 11 is 0. The quantitative estimate of drug-likeness (QED) is 0.144. The van der Waals surface area contributed by atoms with Gasteiger partial charge in [-0.3, -0.25) is 0 Å². The number of aromatic hydroxyl groups is 1. The lowest BCUT2D eigenvalue weighted by Gasteiger charge is -2.11. The number of rotatable bonds is 20. The zero-order chi connectivity index (χ0) is 34.6. The number of aryl methyl sites for hydroxylation is 1. The van der Waals surface area contributed by atoms with Crippen LogP contribution in [0.4, 0.5) is 0 Å². The van der Waals surface area contributed by atoms with E-state index >= 15 is 0 Å². The third kappa shape index (κ3) is 16.9. The molecular weight excluding hydrogens is 569 g/mol. The molecule has 1 heteroatoms. The van der Waals surface area contributed by atoms with Crippen LogP contribution in [0.1, 0.15) is 144 Å². The summed E-state index contributed by atoms with van der Waals surface area (Å²) in [6.45, 7) is 20.1. The summed E-state index contributed by atoms with van der Waals surface area (Å²) in [4.78, 5) is 0. The maximum Gasteiger partial charge on any atom is 0.127 e. The summed E-state index contributed by atoms with van der Waals surface area (Å²) in [6.07, 6.45) is 31.3. The van der Waals surface area contributed by atoms with Gasteiger partial charge in [-0.05, 0) is 157 Å². The summed E-state index contributed by atoms with van der Waals surface area (Å²) in [5, 5.41) is 12.9. The lowest BCUT2D eigenvalue weighted by molar-refractivity contribution is 0.475. The lowest BCUT2D eigenvalue weighted by Crippen LogP contribution is -1.91. The molecule has 0 saturated heterocycles. The number of benzene rings is 2. The zero-order valence-electron chi connectivity index (χ0n) is 31.6. The molecule has 1 nitrogen and oxygen atoms in total. The van der Waals surface area contributed by atoms with Gasteiger partial charge in [0.05, 0.1) is 0 Å². The Balaban J connectivity index is 1.64. The van der Waals surface area contributed by atoms with Gasteiger partial charge in [0.15, 0.2) is 0 Å². The highest BCUT2D eigenvalue weighted by Gasteiger charge is 2.09. The van der Waals surface area contributed by atoms with Crippen LogP contribution in [0.5, 0.6) is 5.75 Å². The van der Waals surface area contributed by atoms with Crippen molar-refractivity contribution in [3.05, 3.63) is 123 Å². The molecule has 0 aliphatic rings. The molecule has 2 aromatic rings. The first-order chi connectivity index (χ1) is 22.5. The Morgan fingerprint density at radius 3 is 1.28 bits per heavy atom. The van der Waals surface area contributed by atoms with Crippen molar-refractivity contribution in [1.82, 2.24) is 0 Å². The molecule has 0 aromatic heterocycles. The minimum Gasteiger partial charge on any atom is -0.507 e. The first-order valence-electron chi connectivity index (χ1n) is 18.2. The van der Waals surface area contributed by atoms with Crippen LogP contribution in [-0.2, 0) is 6.42 Å². The molecule has 256 valence electrons. The number of phenolic OH excluding ortho intramolecular Hbond substituents is 1. The Morgan fingerprint density at radius 1 is 0.511 bits per heavy atom. The van der Waals surface area contributed by atoms with Gasteiger partial charge in [-0.2, -0.15) is 0 Å². The first-order valence-corrected chi connectivity index (χ1v) is 18.2. The van der Waals surface area contributed by atoms with Gasteiger partial charge >= 0.3 is 0 Å². The third-order valence-electron chi connectivity index (χ3n) is 9.25. The van der Waals surface area contributed by atoms with Crippen molar-refractivity contribution in [3.63, 3.8) is 0 Å².